The smallest absolute Gasteiger partial charge is 0.123 e. The van der Waals surface area contributed by atoms with Crippen LogP contribution in [0.3, 0.4) is 0 Å². The molecule has 1 aliphatic rings. The van der Waals surface area contributed by atoms with E-state index in [0.717, 1.165) is 61.5 Å². The summed E-state index contributed by atoms with van der Waals surface area (Å²) in [6, 6.07) is 20.4. The third-order valence-electron chi connectivity index (χ3n) is 6.07. The second kappa shape index (κ2) is 11.7. The fraction of sp³-hybridized carbons (Fsp3) is 0.333. The topological polar surface area (TPSA) is 15.3 Å². The molecule has 0 saturated carbocycles. The number of hydrogen-bond donors (Lipinski definition) is 1. The van der Waals surface area contributed by atoms with Crippen molar-refractivity contribution in [2.75, 3.05) is 25.4 Å². The van der Waals surface area contributed by atoms with E-state index in [4.69, 9.17) is 0 Å². The number of nitrogens with zero attached hydrogens (tertiary/aromatic N) is 1. The minimum atomic E-state index is -0.256. The molecule has 1 heterocycles. The first-order chi connectivity index (χ1) is 16.1. The Morgan fingerprint density at radius 1 is 0.758 bits per heavy atom. The minimum absolute atomic E-state index is 0.0329. The Balaban J connectivity index is 1.24. The van der Waals surface area contributed by atoms with Crippen molar-refractivity contribution in [1.82, 2.24) is 10.2 Å². The Labute approximate surface area is 198 Å². The van der Waals surface area contributed by atoms with E-state index in [-0.39, 0.29) is 22.7 Å². The van der Waals surface area contributed by atoms with Crippen molar-refractivity contribution >= 4 is 11.8 Å². The lowest BCUT2D eigenvalue weighted by Gasteiger charge is -2.32. The predicted molar refractivity (Wildman–Crippen MR) is 130 cm³/mol. The standard InChI is InChI=1S/C27H29F3N2S/c28-23-7-1-20(2-8-23)19-32-16-13-26(14-17-32)31-15-18-33-27(21-3-9-24(29)10-4-21)22-5-11-25(30)12-6-22/h1-12,26-27,31H,13-19H2. The van der Waals surface area contributed by atoms with Gasteiger partial charge in [0.15, 0.2) is 0 Å². The summed E-state index contributed by atoms with van der Waals surface area (Å²) in [5.74, 6) is 0.193. The molecule has 0 bridgehead atoms. The second-order valence-electron chi connectivity index (χ2n) is 8.48. The van der Waals surface area contributed by atoms with Crippen LogP contribution in [0.4, 0.5) is 13.2 Å². The monoisotopic (exact) mass is 470 g/mol. The third-order valence-corrected chi connectivity index (χ3v) is 7.39. The molecule has 1 aliphatic heterocycles. The van der Waals surface area contributed by atoms with Crippen molar-refractivity contribution in [3.05, 3.63) is 107 Å². The number of benzene rings is 3. The van der Waals surface area contributed by atoms with Gasteiger partial charge < -0.3 is 5.32 Å². The fourth-order valence-electron chi connectivity index (χ4n) is 4.24. The molecule has 0 aliphatic carbocycles. The van der Waals surface area contributed by atoms with Crippen molar-refractivity contribution in [1.29, 1.82) is 0 Å². The van der Waals surface area contributed by atoms with Crippen molar-refractivity contribution in [2.45, 2.75) is 30.7 Å². The van der Waals surface area contributed by atoms with Crippen LogP contribution in [0.2, 0.25) is 0 Å². The summed E-state index contributed by atoms with van der Waals surface area (Å²) in [7, 11) is 0. The zero-order valence-electron chi connectivity index (χ0n) is 18.5. The Hall–Kier alpha value is -2.28. The molecule has 1 saturated heterocycles. The summed E-state index contributed by atoms with van der Waals surface area (Å²) in [6.45, 7) is 3.79. The first-order valence-electron chi connectivity index (χ1n) is 11.4. The molecule has 0 atom stereocenters. The Bertz CT molecular complexity index is 940. The van der Waals surface area contributed by atoms with Gasteiger partial charge in [-0.05, 0) is 79.0 Å². The molecule has 6 heteroatoms. The molecule has 0 radical (unpaired) electrons. The molecule has 3 aromatic rings. The predicted octanol–water partition coefficient (Wildman–Crippen LogP) is 6.18. The van der Waals surface area contributed by atoms with Crippen LogP contribution in [0.1, 0.15) is 34.8 Å². The molecule has 33 heavy (non-hydrogen) atoms. The normalized spacial score (nSPS) is 15.3. The molecule has 4 rings (SSSR count). The second-order valence-corrected chi connectivity index (χ2v) is 9.70. The van der Waals surface area contributed by atoms with Crippen molar-refractivity contribution in [3.8, 4) is 0 Å². The van der Waals surface area contributed by atoms with Crippen molar-refractivity contribution in [2.24, 2.45) is 0 Å². The van der Waals surface area contributed by atoms with Crippen LogP contribution in [-0.2, 0) is 6.54 Å². The Morgan fingerprint density at radius 3 is 1.76 bits per heavy atom. The summed E-state index contributed by atoms with van der Waals surface area (Å²) in [5.41, 5.74) is 3.18. The fourth-order valence-corrected chi connectivity index (χ4v) is 5.41. The number of likely N-dealkylation sites (tertiary alicyclic amines) is 1. The van der Waals surface area contributed by atoms with Gasteiger partial charge in [0.1, 0.15) is 17.5 Å². The van der Waals surface area contributed by atoms with E-state index in [1.54, 1.807) is 36.0 Å². The SMILES string of the molecule is Fc1ccc(CN2CCC(NCCSC(c3ccc(F)cc3)c3ccc(F)cc3)CC2)cc1. The molecule has 2 nitrogen and oxygen atoms in total. The molecule has 0 amide bonds. The van der Waals surface area contributed by atoms with Crippen LogP contribution < -0.4 is 5.32 Å². The highest BCUT2D eigenvalue weighted by Crippen LogP contribution is 2.35. The van der Waals surface area contributed by atoms with Crippen LogP contribution in [0.5, 0.6) is 0 Å². The average molecular weight is 471 g/mol. The molecule has 3 aromatic carbocycles. The number of halogens is 3. The first kappa shape index (κ1) is 23.9. The minimum Gasteiger partial charge on any atom is -0.313 e. The van der Waals surface area contributed by atoms with Gasteiger partial charge in [-0.1, -0.05) is 36.4 Å². The molecule has 0 unspecified atom stereocenters. The summed E-state index contributed by atoms with van der Waals surface area (Å²) < 4.78 is 39.9. The summed E-state index contributed by atoms with van der Waals surface area (Å²) >= 11 is 1.78. The van der Waals surface area contributed by atoms with Gasteiger partial charge in [0, 0.05) is 24.9 Å². The lowest BCUT2D eigenvalue weighted by atomic mass is 10.0. The maximum atomic E-state index is 13.4. The van der Waals surface area contributed by atoms with Gasteiger partial charge in [0.05, 0.1) is 5.25 Å². The van der Waals surface area contributed by atoms with E-state index in [2.05, 4.69) is 10.2 Å². The van der Waals surface area contributed by atoms with Crippen LogP contribution in [0, 0.1) is 17.5 Å². The molecular weight excluding hydrogens is 441 g/mol. The van der Waals surface area contributed by atoms with Gasteiger partial charge in [-0.15, -0.1) is 11.8 Å². The van der Waals surface area contributed by atoms with Gasteiger partial charge in [0.2, 0.25) is 0 Å². The van der Waals surface area contributed by atoms with E-state index < -0.39 is 0 Å². The number of hydrogen-bond acceptors (Lipinski definition) is 3. The molecule has 0 spiro atoms. The Kier molecular flexibility index (Phi) is 8.48. The van der Waals surface area contributed by atoms with Crippen LogP contribution >= 0.6 is 11.8 Å². The number of thioether (sulfide) groups is 1. The van der Waals surface area contributed by atoms with E-state index >= 15 is 0 Å². The van der Waals surface area contributed by atoms with E-state index in [1.807, 2.05) is 12.1 Å². The zero-order valence-corrected chi connectivity index (χ0v) is 19.3. The molecule has 1 fully saturated rings. The highest BCUT2D eigenvalue weighted by Gasteiger charge is 2.20. The third kappa shape index (κ3) is 7.10. The van der Waals surface area contributed by atoms with Gasteiger partial charge in [-0.3, -0.25) is 4.90 Å². The van der Waals surface area contributed by atoms with Crippen LogP contribution in [0.15, 0.2) is 72.8 Å². The quantitative estimate of drug-likeness (QED) is 0.376. The summed E-state index contributed by atoms with van der Waals surface area (Å²) in [5, 5.41) is 3.71. The first-order valence-corrected chi connectivity index (χ1v) is 12.4. The highest BCUT2D eigenvalue weighted by molar-refractivity contribution is 7.99. The van der Waals surface area contributed by atoms with E-state index in [9.17, 15) is 13.2 Å². The van der Waals surface area contributed by atoms with Crippen LogP contribution in [-0.4, -0.2) is 36.3 Å². The van der Waals surface area contributed by atoms with Crippen molar-refractivity contribution in [3.63, 3.8) is 0 Å². The Morgan fingerprint density at radius 2 is 1.24 bits per heavy atom. The number of nitrogens with one attached hydrogen (secondary N) is 1. The molecular formula is C27H29F3N2S. The maximum absolute atomic E-state index is 13.4. The summed E-state index contributed by atoms with van der Waals surface area (Å²) in [4.78, 5) is 2.42. The lowest BCUT2D eigenvalue weighted by Crippen LogP contribution is -2.42. The van der Waals surface area contributed by atoms with Gasteiger partial charge in [-0.25, -0.2) is 13.2 Å². The zero-order chi connectivity index (χ0) is 23.0. The largest absolute Gasteiger partial charge is 0.313 e. The van der Waals surface area contributed by atoms with Crippen molar-refractivity contribution < 1.29 is 13.2 Å². The highest BCUT2D eigenvalue weighted by atomic mass is 32.2. The van der Waals surface area contributed by atoms with Gasteiger partial charge >= 0.3 is 0 Å². The lowest BCUT2D eigenvalue weighted by molar-refractivity contribution is 0.192. The van der Waals surface area contributed by atoms with Crippen LogP contribution in [0.25, 0.3) is 0 Å². The average Bonchev–Trinajstić information content (AvgIpc) is 2.83. The number of piperidine rings is 1. The maximum Gasteiger partial charge on any atom is 0.123 e. The van der Waals surface area contributed by atoms with Gasteiger partial charge in [0.25, 0.3) is 0 Å². The van der Waals surface area contributed by atoms with E-state index in [1.165, 1.54) is 36.4 Å². The molecule has 1 N–H and O–H groups in total. The van der Waals surface area contributed by atoms with E-state index in [0.29, 0.717) is 6.04 Å². The molecule has 0 aromatic heterocycles. The summed E-state index contributed by atoms with van der Waals surface area (Å²) in [6.07, 6.45) is 2.18. The van der Waals surface area contributed by atoms with Gasteiger partial charge in [-0.2, -0.15) is 0 Å². The number of rotatable bonds is 9. The molecule has 174 valence electrons.